The van der Waals surface area contributed by atoms with Crippen LogP contribution in [0.2, 0.25) is 0 Å². The van der Waals surface area contributed by atoms with E-state index in [1.54, 1.807) is 6.20 Å². The molecule has 0 unspecified atom stereocenters. The Kier molecular flexibility index (Phi) is 4.11. The van der Waals surface area contributed by atoms with Crippen molar-refractivity contribution in [2.45, 2.75) is 46.2 Å². The Labute approximate surface area is 118 Å². The lowest BCUT2D eigenvalue weighted by Crippen LogP contribution is -2.40. The molecule has 1 N–H and O–H groups in total. The molecule has 2 rings (SSSR count). The third-order valence-corrected chi connectivity index (χ3v) is 3.67. The van der Waals surface area contributed by atoms with E-state index < -0.39 is 12.0 Å². The summed E-state index contributed by atoms with van der Waals surface area (Å²) in [4.78, 5) is 25.1. The van der Waals surface area contributed by atoms with Gasteiger partial charge in [0.25, 0.3) is 5.91 Å². The van der Waals surface area contributed by atoms with Gasteiger partial charge in [-0.2, -0.15) is 5.10 Å². The van der Waals surface area contributed by atoms with Gasteiger partial charge in [0.2, 0.25) is 0 Å². The first-order valence-corrected chi connectivity index (χ1v) is 6.98. The smallest absolute Gasteiger partial charge is 0.326 e. The molecule has 20 heavy (non-hydrogen) atoms. The SMILES string of the molecule is Cc1c(C(=O)N2CCC[C@@H]2C(=O)O)cnn1CC(C)C. The first kappa shape index (κ1) is 14.6. The minimum Gasteiger partial charge on any atom is -0.480 e. The van der Waals surface area contributed by atoms with Crippen molar-refractivity contribution >= 4 is 11.9 Å². The fraction of sp³-hybridized carbons (Fsp3) is 0.643. The summed E-state index contributed by atoms with van der Waals surface area (Å²) in [5, 5.41) is 13.4. The summed E-state index contributed by atoms with van der Waals surface area (Å²) in [5.41, 5.74) is 1.32. The van der Waals surface area contributed by atoms with E-state index in [0.717, 1.165) is 18.7 Å². The van der Waals surface area contributed by atoms with E-state index >= 15 is 0 Å². The van der Waals surface area contributed by atoms with Crippen LogP contribution in [0.5, 0.6) is 0 Å². The molecule has 1 amide bonds. The third kappa shape index (κ3) is 2.69. The minimum absolute atomic E-state index is 0.220. The molecular formula is C14H21N3O3. The molecule has 1 aromatic heterocycles. The largest absolute Gasteiger partial charge is 0.480 e. The van der Waals surface area contributed by atoms with Gasteiger partial charge >= 0.3 is 5.97 Å². The maximum Gasteiger partial charge on any atom is 0.326 e. The van der Waals surface area contributed by atoms with Gasteiger partial charge in [0.1, 0.15) is 6.04 Å². The number of hydrogen-bond donors (Lipinski definition) is 1. The third-order valence-electron chi connectivity index (χ3n) is 3.67. The minimum atomic E-state index is -0.928. The number of rotatable bonds is 4. The summed E-state index contributed by atoms with van der Waals surface area (Å²) in [5.74, 6) is -0.708. The molecule has 0 spiro atoms. The van der Waals surface area contributed by atoms with Crippen LogP contribution in [-0.2, 0) is 11.3 Å². The fourth-order valence-electron chi connectivity index (χ4n) is 2.61. The Bertz CT molecular complexity index is 522. The Balaban J connectivity index is 2.21. The van der Waals surface area contributed by atoms with Gasteiger partial charge in [-0.25, -0.2) is 4.79 Å². The van der Waals surface area contributed by atoms with Crippen molar-refractivity contribution in [3.8, 4) is 0 Å². The fourth-order valence-corrected chi connectivity index (χ4v) is 2.61. The van der Waals surface area contributed by atoms with Crippen LogP contribution in [0.15, 0.2) is 6.20 Å². The number of likely N-dealkylation sites (tertiary alicyclic amines) is 1. The average Bonchev–Trinajstić information content (AvgIpc) is 2.96. The summed E-state index contributed by atoms with van der Waals surface area (Å²) in [6.45, 7) is 7.29. The summed E-state index contributed by atoms with van der Waals surface area (Å²) >= 11 is 0. The molecule has 0 aromatic carbocycles. The molecule has 1 aliphatic rings. The lowest BCUT2D eigenvalue weighted by Gasteiger charge is -2.21. The number of nitrogens with zero attached hydrogens (tertiary/aromatic N) is 3. The van der Waals surface area contributed by atoms with Crippen molar-refractivity contribution in [2.24, 2.45) is 5.92 Å². The van der Waals surface area contributed by atoms with Crippen molar-refractivity contribution in [2.75, 3.05) is 6.54 Å². The van der Waals surface area contributed by atoms with E-state index in [2.05, 4.69) is 18.9 Å². The second-order valence-electron chi connectivity index (χ2n) is 5.71. The molecule has 0 aliphatic carbocycles. The van der Waals surface area contributed by atoms with Gasteiger partial charge in [0.05, 0.1) is 11.8 Å². The van der Waals surface area contributed by atoms with Crippen LogP contribution >= 0.6 is 0 Å². The number of carbonyl (C=O) groups is 2. The molecule has 1 saturated heterocycles. The molecule has 6 heteroatoms. The molecular weight excluding hydrogens is 258 g/mol. The van der Waals surface area contributed by atoms with E-state index in [9.17, 15) is 9.59 Å². The first-order valence-electron chi connectivity index (χ1n) is 6.98. The number of amides is 1. The number of hydrogen-bond acceptors (Lipinski definition) is 3. The lowest BCUT2D eigenvalue weighted by atomic mass is 10.2. The number of carboxylic acid groups (broad SMARTS) is 1. The van der Waals surface area contributed by atoms with Crippen LogP contribution in [0.1, 0.15) is 42.7 Å². The maximum atomic E-state index is 12.5. The quantitative estimate of drug-likeness (QED) is 0.907. The molecule has 1 aliphatic heterocycles. The van der Waals surface area contributed by atoms with Crippen molar-refractivity contribution in [3.63, 3.8) is 0 Å². The van der Waals surface area contributed by atoms with Crippen LogP contribution in [0, 0.1) is 12.8 Å². The Morgan fingerprint density at radius 3 is 2.80 bits per heavy atom. The number of carbonyl (C=O) groups excluding carboxylic acids is 1. The first-order chi connectivity index (χ1) is 9.41. The number of aliphatic carboxylic acids is 1. The molecule has 0 radical (unpaired) electrons. The molecule has 0 saturated carbocycles. The van der Waals surface area contributed by atoms with Crippen molar-refractivity contribution in [3.05, 3.63) is 17.5 Å². The van der Waals surface area contributed by atoms with E-state index in [0.29, 0.717) is 24.4 Å². The number of aromatic nitrogens is 2. The van der Waals surface area contributed by atoms with Crippen molar-refractivity contribution in [1.82, 2.24) is 14.7 Å². The Morgan fingerprint density at radius 1 is 1.50 bits per heavy atom. The Hall–Kier alpha value is -1.85. The Morgan fingerprint density at radius 2 is 2.20 bits per heavy atom. The average molecular weight is 279 g/mol. The molecule has 0 bridgehead atoms. The lowest BCUT2D eigenvalue weighted by molar-refractivity contribution is -0.141. The normalized spacial score (nSPS) is 18.8. The standard InChI is InChI=1S/C14H21N3O3/c1-9(2)8-17-10(3)11(7-15-17)13(18)16-6-4-5-12(16)14(19)20/h7,9,12H,4-6,8H2,1-3H3,(H,19,20)/t12-/m1/s1. The van der Waals surface area contributed by atoms with Crippen molar-refractivity contribution < 1.29 is 14.7 Å². The van der Waals surface area contributed by atoms with Gasteiger partial charge in [-0.1, -0.05) is 13.8 Å². The molecule has 6 nitrogen and oxygen atoms in total. The zero-order valence-electron chi connectivity index (χ0n) is 12.2. The summed E-state index contributed by atoms with van der Waals surface area (Å²) in [6, 6.07) is -0.699. The zero-order valence-corrected chi connectivity index (χ0v) is 12.2. The second kappa shape index (κ2) is 5.64. The van der Waals surface area contributed by atoms with Crippen molar-refractivity contribution in [1.29, 1.82) is 0 Å². The zero-order chi connectivity index (χ0) is 14.9. The van der Waals surface area contributed by atoms with E-state index in [1.807, 2.05) is 11.6 Å². The highest BCUT2D eigenvalue weighted by molar-refractivity contribution is 5.97. The van der Waals surface area contributed by atoms with Crippen LogP contribution in [0.25, 0.3) is 0 Å². The predicted molar refractivity (Wildman–Crippen MR) is 73.5 cm³/mol. The maximum absolute atomic E-state index is 12.5. The van der Waals surface area contributed by atoms with Gasteiger partial charge < -0.3 is 10.0 Å². The molecule has 1 fully saturated rings. The van der Waals surface area contributed by atoms with Gasteiger partial charge in [0.15, 0.2) is 0 Å². The molecule has 1 atom stereocenters. The van der Waals surface area contributed by atoms with E-state index in [1.165, 1.54) is 4.90 Å². The highest BCUT2D eigenvalue weighted by atomic mass is 16.4. The van der Waals surface area contributed by atoms with Gasteiger partial charge in [-0.3, -0.25) is 9.48 Å². The summed E-state index contributed by atoms with van der Waals surface area (Å²) < 4.78 is 1.81. The predicted octanol–water partition coefficient (Wildman–Crippen LogP) is 1.54. The van der Waals surface area contributed by atoms with Gasteiger partial charge in [0, 0.05) is 18.8 Å². The van der Waals surface area contributed by atoms with Crippen LogP contribution in [0.4, 0.5) is 0 Å². The summed E-state index contributed by atoms with van der Waals surface area (Å²) in [6.07, 6.45) is 2.82. The topological polar surface area (TPSA) is 75.4 Å². The van der Waals surface area contributed by atoms with E-state index in [-0.39, 0.29) is 5.91 Å². The monoisotopic (exact) mass is 279 g/mol. The highest BCUT2D eigenvalue weighted by Gasteiger charge is 2.35. The van der Waals surface area contributed by atoms with Crippen LogP contribution < -0.4 is 0 Å². The van der Waals surface area contributed by atoms with Gasteiger partial charge in [-0.15, -0.1) is 0 Å². The van der Waals surface area contributed by atoms with Gasteiger partial charge in [-0.05, 0) is 25.7 Å². The highest BCUT2D eigenvalue weighted by Crippen LogP contribution is 2.22. The number of carboxylic acids is 1. The van der Waals surface area contributed by atoms with Crippen LogP contribution in [0.3, 0.4) is 0 Å². The summed E-state index contributed by atoms with van der Waals surface area (Å²) in [7, 11) is 0. The van der Waals surface area contributed by atoms with E-state index in [4.69, 9.17) is 5.11 Å². The molecule has 1 aromatic rings. The van der Waals surface area contributed by atoms with Crippen LogP contribution in [-0.4, -0.2) is 44.3 Å². The molecule has 110 valence electrons. The second-order valence-corrected chi connectivity index (χ2v) is 5.71. The molecule has 2 heterocycles.